The van der Waals surface area contributed by atoms with E-state index in [1.807, 2.05) is 0 Å². The van der Waals surface area contributed by atoms with Crippen LogP contribution in [0.3, 0.4) is 0 Å². The number of rotatable bonds is 7. The van der Waals surface area contributed by atoms with Crippen molar-refractivity contribution in [1.29, 1.82) is 0 Å². The van der Waals surface area contributed by atoms with E-state index in [4.69, 9.17) is 4.74 Å². The summed E-state index contributed by atoms with van der Waals surface area (Å²) in [6, 6.07) is 6.58. The van der Waals surface area contributed by atoms with Crippen LogP contribution in [0.2, 0.25) is 0 Å². The normalized spacial score (nSPS) is 10.5. The van der Waals surface area contributed by atoms with E-state index in [9.17, 15) is 4.39 Å². The summed E-state index contributed by atoms with van der Waals surface area (Å²) in [5.74, 6) is -0.182. The summed E-state index contributed by atoms with van der Waals surface area (Å²) in [6.45, 7) is 2.59. The molecular weight excluding hydrogens is 193 g/mol. The van der Waals surface area contributed by atoms with Crippen molar-refractivity contribution in [2.75, 3.05) is 20.3 Å². The summed E-state index contributed by atoms with van der Waals surface area (Å²) in [5, 5.41) is 3.30. The molecule has 0 amide bonds. The lowest BCUT2D eigenvalue weighted by atomic mass is 10.2. The number of unbranched alkanes of at least 4 members (excludes halogenated alkanes) is 1. The van der Waals surface area contributed by atoms with Gasteiger partial charge in [-0.2, -0.15) is 0 Å². The van der Waals surface area contributed by atoms with Crippen LogP contribution in [0.1, 0.15) is 18.4 Å². The molecule has 0 unspecified atom stereocenters. The van der Waals surface area contributed by atoms with Crippen LogP contribution in [0, 0.1) is 5.82 Å². The van der Waals surface area contributed by atoms with E-state index in [1.165, 1.54) is 12.1 Å². The van der Waals surface area contributed by atoms with Gasteiger partial charge in [-0.3, -0.25) is 0 Å². The molecule has 0 saturated carbocycles. The Bertz CT molecular complexity index is 261. The zero-order chi connectivity index (χ0) is 10.9. The quantitative estimate of drug-likeness (QED) is 0.699. The third-order valence-corrected chi connectivity index (χ3v) is 2.19. The molecule has 0 aliphatic rings. The van der Waals surface area contributed by atoms with Crippen molar-refractivity contribution in [3.05, 3.63) is 35.6 Å². The summed E-state index contributed by atoms with van der Waals surface area (Å²) in [4.78, 5) is 0. The molecule has 84 valence electrons. The number of halogens is 1. The topological polar surface area (TPSA) is 21.3 Å². The number of nitrogens with one attached hydrogen (secondary N) is 1. The Labute approximate surface area is 90.4 Å². The van der Waals surface area contributed by atoms with E-state index < -0.39 is 0 Å². The Kier molecular flexibility index (Phi) is 5.97. The van der Waals surface area contributed by atoms with Gasteiger partial charge in [-0.1, -0.05) is 12.1 Å². The molecule has 0 radical (unpaired) electrons. The van der Waals surface area contributed by atoms with Crippen molar-refractivity contribution in [2.45, 2.75) is 19.4 Å². The molecule has 0 heterocycles. The zero-order valence-electron chi connectivity index (χ0n) is 9.13. The van der Waals surface area contributed by atoms with Crippen LogP contribution in [0.25, 0.3) is 0 Å². The van der Waals surface area contributed by atoms with Crippen LogP contribution in [-0.4, -0.2) is 20.3 Å². The predicted octanol–water partition coefficient (Wildman–Crippen LogP) is 2.34. The molecule has 15 heavy (non-hydrogen) atoms. The SMILES string of the molecule is COCCCCNCc1ccc(F)cc1. The summed E-state index contributed by atoms with van der Waals surface area (Å²) < 4.78 is 17.5. The van der Waals surface area contributed by atoms with E-state index in [2.05, 4.69) is 5.32 Å². The van der Waals surface area contributed by atoms with E-state index in [0.717, 1.165) is 38.1 Å². The first-order valence-corrected chi connectivity index (χ1v) is 5.27. The van der Waals surface area contributed by atoms with Crippen LogP contribution >= 0.6 is 0 Å². The highest BCUT2D eigenvalue weighted by molar-refractivity contribution is 5.15. The van der Waals surface area contributed by atoms with Crippen LogP contribution in [-0.2, 0) is 11.3 Å². The van der Waals surface area contributed by atoms with Crippen LogP contribution in [0.4, 0.5) is 4.39 Å². The van der Waals surface area contributed by atoms with E-state index in [0.29, 0.717) is 0 Å². The molecule has 1 N–H and O–H groups in total. The number of methoxy groups -OCH3 is 1. The number of hydrogen-bond donors (Lipinski definition) is 1. The number of ether oxygens (including phenoxy) is 1. The molecule has 0 bridgehead atoms. The van der Waals surface area contributed by atoms with Crippen molar-refractivity contribution in [3.8, 4) is 0 Å². The lowest BCUT2D eigenvalue weighted by Crippen LogP contribution is -2.15. The van der Waals surface area contributed by atoms with Gasteiger partial charge in [0.25, 0.3) is 0 Å². The molecule has 1 rings (SSSR count). The molecule has 1 aromatic rings. The number of benzene rings is 1. The molecule has 0 saturated heterocycles. The lowest BCUT2D eigenvalue weighted by Gasteiger charge is -2.04. The fraction of sp³-hybridized carbons (Fsp3) is 0.500. The van der Waals surface area contributed by atoms with Crippen molar-refractivity contribution in [1.82, 2.24) is 5.32 Å². The van der Waals surface area contributed by atoms with Crippen LogP contribution in [0.15, 0.2) is 24.3 Å². The van der Waals surface area contributed by atoms with Crippen molar-refractivity contribution >= 4 is 0 Å². The third-order valence-electron chi connectivity index (χ3n) is 2.19. The largest absolute Gasteiger partial charge is 0.385 e. The molecule has 3 heteroatoms. The fourth-order valence-electron chi connectivity index (χ4n) is 1.33. The van der Waals surface area contributed by atoms with E-state index in [-0.39, 0.29) is 5.82 Å². The Morgan fingerprint density at radius 2 is 1.93 bits per heavy atom. The van der Waals surface area contributed by atoms with Gasteiger partial charge in [-0.15, -0.1) is 0 Å². The van der Waals surface area contributed by atoms with Gasteiger partial charge < -0.3 is 10.1 Å². The Morgan fingerprint density at radius 1 is 1.20 bits per heavy atom. The second-order valence-electron chi connectivity index (χ2n) is 3.50. The van der Waals surface area contributed by atoms with Crippen molar-refractivity contribution in [2.24, 2.45) is 0 Å². The first kappa shape index (κ1) is 12.1. The molecule has 0 aliphatic carbocycles. The summed E-state index contributed by atoms with van der Waals surface area (Å²) >= 11 is 0. The lowest BCUT2D eigenvalue weighted by molar-refractivity contribution is 0.192. The van der Waals surface area contributed by atoms with Gasteiger partial charge in [0.1, 0.15) is 5.82 Å². The van der Waals surface area contributed by atoms with E-state index >= 15 is 0 Å². The van der Waals surface area contributed by atoms with E-state index in [1.54, 1.807) is 19.2 Å². The molecule has 2 nitrogen and oxygen atoms in total. The smallest absolute Gasteiger partial charge is 0.123 e. The second kappa shape index (κ2) is 7.37. The summed E-state index contributed by atoms with van der Waals surface area (Å²) in [5.41, 5.74) is 1.11. The Hall–Kier alpha value is -0.930. The molecule has 0 fully saturated rings. The van der Waals surface area contributed by atoms with Gasteiger partial charge in [-0.25, -0.2) is 4.39 Å². The molecule has 0 atom stereocenters. The average Bonchev–Trinajstić information content (AvgIpc) is 2.26. The third kappa shape index (κ3) is 5.50. The number of hydrogen-bond acceptors (Lipinski definition) is 2. The van der Waals surface area contributed by atoms with Gasteiger partial charge in [0, 0.05) is 20.3 Å². The average molecular weight is 211 g/mol. The van der Waals surface area contributed by atoms with Gasteiger partial charge >= 0.3 is 0 Å². The monoisotopic (exact) mass is 211 g/mol. The Balaban J connectivity index is 2.07. The minimum atomic E-state index is -0.182. The first-order valence-electron chi connectivity index (χ1n) is 5.27. The molecule has 0 spiro atoms. The Morgan fingerprint density at radius 3 is 2.60 bits per heavy atom. The highest BCUT2D eigenvalue weighted by atomic mass is 19.1. The zero-order valence-corrected chi connectivity index (χ0v) is 9.13. The maximum atomic E-state index is 12.6. The van der Waals surface area contributed by atoms with Crippen LogP contribution in [0.5, 0.6) is 0 Å². The van der Waals surface area contributed by atoms with Gasteiger partial charge in [0.15, 0.2) is 0 Å². The molecule has 0 aliphatic heterocycles. The van der Waals surface area contributed by atoms with Gasteiger partial charge in [0.2, 0.25) is 0 Å². The fourth-order valence-corrected chi connectivity index (χ4v) is 1.33. The molecular formula is C12H18FNO. The minimum absolute atomic E-state index is 0.182. The van der Waals surface area contributed by atoms with Crippen LogP contribution < -0.4 is 5.32 Å². The highest BCUT2D eigenvalue weighted by Crippen LogP contribution is 2.01. The standard InChI is InChI=1S/C12H18FNO/c1-15-9-3-2-8-14-10-11-4-6-12(13)7-5-11/h4-7,14H,2-3,8-10H2,1H3. The maximum Gasteiger partial charge on any atom is 0.123 e. The summed E-state index contributed by atoms with van der Waals surface area (Å²) in [6.07, 6.45) is 2.18. The highest BCUT2D eigenvalue weighted by Gasteiger charge is 1.93. The first-order chi connectivity index (χ1) is 7.33. The van der Waals surface area contributed by atoms with Crippen molar-refractivity contribution < 1.29 is 9.13 Å². The molecule has 0 aromatic heterocycles. The van der Waals surface area contributed by atoms with Gasteiger partial charge in [-0.05, 0) is 37.1 Å². The predicted molar refractivity (Wildman–Crippen MR) is 59.2 cm³/mol. The summed E-state index contributed by atoms with van der Waals surface area (Å²) in [7, 11) is 1.71. The maximum absolute atomic E-state index is 12.6. The molecule has 1 aromatic carbocycles. The van der Waals surface area contributed by atoms with Gasteiger partial charge in [0.05, 0.1) is 0 Å². The minimum Gasteiger partial charge on any atom is -0.385 e. The van der Waals surface area contributed by atoms with Crippen molar-refractivity contribution in [3.63, 3.8) is 0 Å². The second-order valence-corrected chi connectivity index (χ2v) is 3.50.